The summed E-state index contributed by atoms with van der Waals surface area (Å²) in [6.07, 6.45) is 0. The maximum Gasteiger partial charge on any atom is 0.248 e. The molecule has 0 radical (unpaired) electrons. The van der Waals surface area contributed by atoms with Crippen molar-refractivity contribution in [2.45, 2.75) is 6.92 Å². The maximum atomic E-state index is 11.4. The van der Waals surface area contributed by atoms with Crippen LogP contribution in [-0.4, -0.2) is 15.7 Å². The number of nitrogens with two attached hydrogens (primary N) is 1. The minimum atomic E-state index is -0.436. The van der Waals surface area contributed by atoms with E-state index in [1.807, 2.05) is 23.7 Å². The highest BCUT2D eigenvalue weighted by Crippen LogP contribution is 2.35. The van der Waals surface area contributed by atoms with Crippen molar-refractivity contribution in [3.63, 3.8) is 0 Å². The molecule has 0 bridgehead atoms. The van der Waals surface area contributed by atoms with Gasteiger partial charge in [0.05, 0.1) is 17.1 Å². The molecule has 0 saturated carbocycles. The molecule has 1 amide bonds. The summed E-state index contributed by atoms with van der Waals surface area (Å²) in [6, 6.07) is 28.4. The number of primary amides is 1. The van der Waals surface area contributed by atoms with Crippen molar-refractivity contribution in [1.29, 1.82) is 0 Å². The van der Waals surface area contributed by atoms with Gasteiger partial charge >= 0.3 is 0 Å². The van der Waals surface area contributed by atoms with Gasteiger partial charge in [-0.1, -0.05) is 54.6 Å². The van der Waals surface area contributed by atoms with E-state index in [9.17, 15) is 4.79 Å². The molecule has 140 valence electrons. The van der Waals surface area contributed by atoms with Crippen molar-refractivity contribution >= 4 is 27.5 Å². The highest BCUT2D eigenvalue weighted by atomic mass is 16.1. The van der Waals surface area contributed by atoms with Gasteiger partial charge in [0.2, 0.25) is 5.91 Å². The van der Waals surface area contributed by atoms with E-state index in [-0.39, 0.29) is 0 Å². The largest absolute Gasteiger partial charge is 0.366 e. The van der Waals surface area contributed by atoms with Crippen molar-refractivity contribution in [2.75, 3.05) is 0 Å². The number of carbonyl (C=O) groups is 1. The standard InChI is InChI=1S/C25H19N3O/c1-16-15-23(28(27-16)20-13-11-19(12-14-20)25(26)29)22-8-4-6-18-10-9-17-5-2-3-7-21(17)24(18)22/h2-15H,1H3,(H2,26,29). The fourth-order valence-electron chi connectivity index (χ4n) is 3.93. The molecule has 5 aromatic rings. The molecule has 4 nitrogen and oxygen atoms in total. The third-order valence-electron chi connectivity index (χ3n) is 5.27. The van der Waals surface area contributed by atoms with Crippen molar-refractivity contribution in [3.8, 4) is 16.9 Å². The second-order valence-corrected chi connectivity index (χ2v) is 7.18. The SMILES string of the molecule is Cc1cc(-c2cccc3ccc4ccccc4c23)n(-c2ccc(C(N)=O)cc2)n1. The summed E-state index contributed by atoms with van der Waals surface area (Å²) < 4.78 is 1.93. The molecule has 0 atom stereocenters. The van der Waals surface area contributed by atoms with Crippen LogP contribution in [0.5, 0.6) is 0 Å². The van der Waals surface area contributed by atoms with Crippen molar-refractivity contribution in [2.24, 2.45) is 5.73 Å². The van der Waals surface area contributed by atoms with Gasteiger partial charge in [-0.3, -0.25) is 4.79 Å². The number of carbonyl (C=O) groups excluding carboxylic acids is 1. The first-order chi connectivity index (χ1) is 14.1. The number of aryl methyl sites for hydroxylation is 1. The van der Waals surface area contributed by atoms with Crippen LogP contribution in [0.25, 0.3) is 38.5 Å². The number of hydrogen-bond acceptors (Lipinski definition) is 2. The number of rotatable bonds is 3. The van der Waals surface area contributed by atoms with E-state index in [1.54, 1.807) is 12.1 Å². The average Bonchev–Trinajstić information content (AvgIpc) is 3.14. The zero-order valence-corrected chi connectivity index (χ0v) is 16.0. The van der Waals surface area contributed by atoms with Crippen molar-refractivity contribution in [3.05, 3.63) is 96.2 Å². The lowest BCUT2D eigenvalue weighted by Gasteiger charge is -2.12. The topological polar surface area (TPSA) is 60.9 Å². The minimum Gasteiger partial charge on any atom is -0.366 e. The molecule has 4 heteroatoms. The van der Waals surface area contributed by atoms with Crippen LogP contribution in [-0.2, 0) is 0 Å². The van der Waals surface area contributed by atoms with Crippen molar-refractivity contribution < 1.29 is 4.79 Å². The van der Waals surface area contributed by atoms with Gasteiger partial charge in [-0.25, -0.2) is 4.68 Å². The molecule has 0 saturated heterocycles. The first kappa shape index (κ1) is 17.2. The first-order valence-electron chi connectivity index (χ1n) is 9.49. The Morgan fingerprint density at radius 3 is 2.38 bits per heavy atom. The molecule has 0 unspecified atom stereocenters. The molecular formula is C25H19N3O. The molecule has 0 fully saturated rings. The summed E-state index contributed by atoms with van der Waals surface area (Å²) in [5, 5.41) is 9.55. The summed E-state index contributed by atoms with van der Waals surface area (Å²) in [6.45, 7) is 1.99. The van der Waals surface area contributed by atoms with E-state index in [0.29, 0.717) is 5.56 Å². The van der Waals surface area contributed by atoms with Crippen LogP contribution in [0.15, 0.2) is 84.9 Å². The Kier molecular flexibility index (Phi) is 3.91. The lowest BCUT2D eigenvalue weighted by molar-refractivity contribution is 0.100. The molecule has 1 aromatic heterocycles. The highest BCUT2D eigenvalue weighted by Gasteiger charge is 2.14. The Balaban J connectivity index is 1.78. The van der Waals surface area contributed by atoms with Crippen LogP contribution in [0, 0.1) is 6.92 Å². The molecule has 2 N–H and O–H groups in total. The van der Waals surface area contributed by atoms with Gasteiger partial charge in [0.1, 0.15) is 0 Å². The zero-order chi connectivity index (χ0) is 20.0. The van der Waals surface area contributed by atoms with Gasteiger partial charge < -0.3 is 5.73 Å². The number of fused-ring (bicyclic) bond motifs is 3. The Morgan fingerprint density at radius 1 is 0.862 bits per heavy atom. The average molecular weight is 377 g/mol. The van der Waals surface area contributed by atoms with Crippen LogP contribution in [0.3, 0.4) is 0 Å². The van der Waals surface area contributed by atoms with Gasteiger partial charge in [-0.05, 0) is 58.8 Å². The quantitative estimate of drug-likeness (QED) is 0.436. The molecule has 0 aliphatic rings. The van der Waals surface area contributed by atoms with E-state index < -0.39 is 5.91 Å². The van der Waals surface area contributed by atoms with E-state index in [1.165, 1.54) is 21.5 Å². The maximum absolute atomic E-state index is 11.4. The number of nitrogens with zero attached hydrogens (tertiary/aromatic N) is 2. The lowest BCUT2D eigenvalue weighted by atomic mass is 9.96. The van der Waals surface area contributed by atoms with Gasteiger partial charge in [0.25, 0.3) is 0 Å². The molecule has 0 aliphatic carbocycles. The second-order valence-electron chi connectivity index (χ2n) is 7.18. The second kappa shape index (κ2) is 6.60. The van der Waals surface area contributed by atoms with Crippen LogP contribution < -0.4 is 5.73 Å². The number of amides is 1. The van der Waals surface area contributed by atoms with Crippen LogP contribution >= 0.6 is 0 Å². The zero-order valence-electron chi connectivity index (χ0n) is 16.0. The van der Waals surface area contributed by atoms with Gasteiger partial charge in [0, 0.05) is 11.1 Å². The van der Waals surface area contributed by atoms with E-state index in [2.05, 4.69) is 60.7 Å². The van der Waals surface area contributed by atoms with E-state index in [0.717, 1.165) is 22.6 Å². The van der Waals surface area contributed by atoms with Crippen LogP contribution in [0.4, 0.5) is 0 Å². The summed E-state index contributed by atoms with van der Waals surface area (Å²) in [7, 11) is 0. The Bertz CT molecular complexity index is 1380. The predicted molar refractivity (Wildman–Crippen MR) is 117 cm³/mol. The Labute approximate surface area is 168 Å². The number of aromatic nitrogens is 2. The van der Waals surface area contributed by atoms with Gasteiger partial charge in [-0.15, -0.1) is 0 Å². The lowest BCUT2D eigenvalue weighted by Crippen LogP contribution is -2.10. The number of benzene rings is 4. The van der Waals surface area contributed by atoms with Crippen LogP contribution in [0.2, 0.25) is 0 Å². The summed E-state index contributed by atoms with van der Waals surface area (Å²) in [5.74, 6) is -0.436. The third kappa shape index (κ3) is 2.86. The normalized spacial score (nSPS) is 11.2. The molecule has 29 heavy (non-hydrogen) atoms. The van der Waals surface area contributed by atoms with Crippen LogP contribution in [0.1, 0.15) is 16.1 Å². The summed E-state index contributed by atoms with van der Waals surface area (Å²) >= 11 is 0. The first-order valence-corrected chi connectivity index (χ1v) is 9.49. The molecule has 1 heterocycles. The minimum absolute atomic E-state index is 0.436. The van der Waals surface area contributed by atoms with E-state index >= 15 is 0 Å². The molecular weight excluding hydrogens is 358 g/mol. The third-order valence-corrected chi connectivity index (χ3v) is 5.27. The predicted octanol–water partition coefficient (Wildman–Crippen LogP) is 5.25. The summed E-state index contributed by atoms with van der Waals surface area (Å²) in [5.41, 5.74) is 9.81. The van der Waals surface area contributed by atoms with Crippen molar-refractivity contribution in [1.82, 2.24) is 9.78 Å². The summed E-state index contributed by atoms with van der Waals surface area (Å²) in [4.78, 5) is 11.4. The molecule has 5 rings (SSSR count). The molecule has 0 aliphatic heterocycles. The Morgan fingerprint density at radius 2 is 1.59 bits per heavy atom. The fraction of sp³-hybridized carbons (Fsp3) is 0.0400. The van der Waals surface area contributed by atoms with Gasteiger partial charge in [-0.2, -0.15) is 5.10 Å². The fourth-order valence-corrected chi connectivity index (χ4v) is 3.93. The molecule has 4 aromatic carbocycles. The van der Waals surface area contributed by atoms with Gasteiger partial charge in [0.15, 0.2) is 0 Å². The highest BCUT2D eigenvalue weighted by molar-refractivity contribution is 6.14. The number of hydrogen-bond donors (Lipinski definition) is 1. The monoisotopic (exact) mass is 377 g/mol. The van der Waals surface area contributed by atoms with E-state index in [4.69, 9.17) is 10.8 Å². The smallest absolute Gasteiger partial charge is 0.248 e. The molecule has 0 spiro atoms. The Hall–Kier alpha value is -3.92.